The van der Waals surface area contributed by atoms with Crippen LogP contribution in [0.3, 0.4) is 0 Å². The summed E-state index contributed by atoms with van der Waals surface area (Å²) in [5, 5.41) is 10.5. The molecule has 4 aromatic rings. The van der Waals surface area contributed by atoms with Gasteiger partial charge in [0.1, 0.15) is 24.8 Å². The standard InChI is InChI=1S/C21H14ClF2N3O4/c22-13-4-6-17(30-9-7-23)14(11-13)19(28)25-16-10-12(3-5-15(16)24)20-26-27-21(31-20)18-2-1-8-29-18/h1-6,8,10-11H,7,9H2,(H,25,28). The van der Waals surface area contributed by atoms with Crippen LogP contribution in [0, 0.1) is 5.82 Å². The van der Waals surface area contributed by atoms with E-state index in [2.05, 4.69) is 15.5 Å². The van der Waals surface area contributed by atoms with E-state index in [-0.39, 0.29) is 40.4 Å². The van der Waals surface area contributed by atoms with Crippen molar-refractivity contribution in [3.05, 3.63) is 71.2 Å². The number of nitrogens with one attached hydrogen (secondary N) is 1. The Morgan fingerprint density at radius 2 is 1.97 bits per heavy atom. The van der Waals surface area contributed by atoms with Crippen molar-refractivity contribution in [3.63, 3.8) is 0 Å². The number of anilines is 1. The molecule has 0 saturated heterocycles. The minimum absolute atomic E-state index is 0.0312. The molecule has 2 aromatic heterocycles. The molecule has 2 aromatic carbocycles. The fourth-order valence-electron chi connectivity index (χ4n) is 2.74. The van der Waals surface area contributed by atoms with E-state index in [1.54, 1.807) is 12.1 Å². The molecular formula is C21H14ClF2N3O4. The molecule has 0 aliphatic rings. The SMILES string of the molecule is O=C(Nc1cc(-c2nnc(-c3ccco3)o2)ccc1F)c1cc(Cl)ccc1OCCF. The normalized spacial score (nSPS) is 10.8. The molecule has 0 saturated carbocycles. The number of hydrogen-bond donors (Lipinski definition) is 1. The quantitative estimate of drug-likeness (QED) is 0.410. The first-order valence-corrected chi connectivity index (χ1v) is 9.40. The first-order valence-electron chi connectivity index (χ1n) is 9.02. The second kappa shape index (κ2) is 8.97. The first kappa shape index (κ1) is 20.5. The van der Waals surface area contributed by atoms with Crippen LogP contribution in [0.4, 0.5) is 14.5 Å². The zero-order valence-corrected chi connectivity index (χ0v) is 16.5. The van der Waals surface area contributed by atoms with Gasteiger partial charge in [-0.15, -0.1) is 10.2 Å². The number of halogens is 3. The Kier molecular flexibility index (Phi) is 5.94. The van der Waals surface area contributed by atoms with Crippen LogP contribution in [-0.4, -0.2) is 29.4 Å². The number of carbonyl (C=O) groups is 1. The summed E-state index contributed by atoms with van der Waals surface area (Å²) in [4.78, 5) is 12.7. The smallest absolute Gasteiger partial charge is 0.283 e. The number of benzene rings is 2. The zero-order chi connectivity index (χ0) is 21.8. The number of aromatic nitrogens is 2. The molecule has 0 fully saturated rings. The van der Waals surface area contributed by atoms with Gasteiger partial charge in [0.05, 0.1) is 17.5 Å². The van der Waals surface area contributed by atoms with Gasteiger partial charge in [-0.1, -0.05) is 11.6 Å². The summed E-state index contributed by atoms with van der Waals surface area (Å²) < 4.78 is 42.8. The second-order valence-corrected chi connectivity index (χ2v) is 6.65. The molecule has 0 radical (unpaired) electrons. The molecule has 0 bridgehead atoms. The molecule has 31 heavy (non-hydrogen) atoms. The highest BCUT2D eigenvalue weighted by Crippen LogP contribution is 2.29. The molecule has 2 heterocycles. The Hall–Kier alpha value is -3.72. The van der Waals surface area contributed by atoms with Crippen molar-refractivity contribution in [1.29, 1.82) is 0 Å². The third kappa shape index (κ3) is 4.56. The molecule has 10 heteroatoms. The van der Waals surface area contributed by atoms with Gasteiger partial charge >= 0.3 is 0 Å². The van der Waals surface area contributed by atoms with E-state index in [4.69, 9.17) is 25.2 Å². The number of furan rings is 1. The monoisotopic (exact) mass is 445 g/mol. The van der Waals surface area contributed by atoms with Gasteiger partial charge in [-0.3, -0.25) is 4.79 Å². The predicted octanol–water partition coefficient (Wildman–Crippen LogP) is 5.39. The molecular weight excluding hydrogens is 432 g/mol. The molecule has 0 unspecified atom stereocenters. The maximum absolute atomic E-state index is 14.4. The van der Waals surface area contributed by atoms with Crippen LogP contribution < -0.4 is 10.1 Å². The van der Waals surface area contributed by atoms with Crippen molar-refractivity contribution in [2.45, 2.75) is 0 Å². The van der Waals surface area contributed by atoms with E-state index in [0.29, 0.717) is 11.3 Å². The van der Waals surface area contributed by atoms with E-state index in [9.17, 15) is 13.6 Å². The Balaban J connectivity index is 1.60. The third-order valence-corrected chi connectivity index (χ3v) is 4.37. The number of carbonyl (C=O) groups excluding carboxylic acids is 1. The number of rotatable bonds is 7. The molecule has 0 aliphatic carbocycles. The summed E-state index contributed by atoms with van der Waals surface area (Å²) in [7, 11) is 0. The number of nitrogens with zero attached hydrogens (tertiary/aromatic N) is 2. The molecule has 0 atom stereocenters. The minimum atomic E-state index is -0.732. The lowest BCUT2D eigenvalue weighted by molar-refractivity contribution is 0.102. The van der Waals surface area contributed by atoms with Crippen LogP contribution >= 0.6 is 11.6 Å². The van der Waals surface area contributed by atoms with E-state index >= 15 is 0 Å². The van der Waals surface area contributed by atoms with Gasteiger partial charge < -0.3 is 18.9 Å². The molecule has 7 nitrogen and oxygen atoms in total. The fraction of sp³-hybridized carbons (Fsp3) is 0.0952. The van der Waals surface area contributed by atoms with E-state index in [1.165, 1.54) is 36.6 Å². The minimum Gasteiger partial charge on any atom is -0.490 e. The van der Waals surface area contributed by atoms with Gasteiger partial charge in [0.2, 0.25) is 5.89 Å². The summed E-state index contributed by atoms with van der Waals surface area (Å²) in [6.45, 7) is -0.967. The Bertz CT molecular complexity index is 1210. The summed E-state index contributed by atoms with van der Waals surface area (Å²) >= 11 is 5.96. The Morgan fingerprint density at radius 3 is 2.74 bits per heavy atom. The summed E-state index contributed by atoms with van der Waals surface area (Å²) in [6.07, 6.45) is 1.46. The van der Waals surface area contributed by atoms with Crippen LogP contribution in [-0.2, 0) is 0 Å². The van der Waals surface area contributed by atoms with Gasteiger partial charge in [-0.05, 0) is 48.5 Å². The fourth-order valence-corrected chi connectivity index (χ4v) is 2.91. The zero-order valence-electron chi connectivity index (χ0n) is 15.8. The van der Waals surface area contributed by atoms with Crippen molar-refractivity contribution in [2.24, 2.45) is 0 Å². The van der Waals surface area contributed by atoms with Crippen molar-refractivity contribution in [3.8, 4) is 28.9 Å². The number of hydrogen-bond acceptors (Lipinski definition) is 6. The Labute approximate surface area is 179 Å². The summed E-state index contributed by atoms with van der Waals surface area (Å²) in [5.41, 5.74) is 0.280. The largest absolute Gasteiger partial charge is 0.490 e. The molecule has 0 aliphatic heterocycles. The lowest BCUT2D eigenvalue weighted by Crippen LogP contribution is -2.15. The van der Waals surface area contributed by atoms with Gasteiger partial charge in [0.25, 0.3) is 11.8 Å². The van der Waals surface area contributed by atoms with E-state index < -0.39 is 18.4 Å². The van der Waals surface area contributed by atoms with E-state index in [0.717, 1.165) is 6.07 Å². The second-order valence-electron chi connectivity index (χ2n) is 6.22. The van der Waals surface area contributed by atoms with Gasteiger partial charge in [-0.25, -0.2) is 8.78 Å². The summed E-state index contributed by atoms with van der Waals surface area (Å²) in [6, 6.07) is 11.5. The molecule has 158 valence electrons. The van der Waals surface area contributed by atoms with Crippen LogP contribution in [0.5, 0.6) is 5.75 Å². The highest BCUT2D eigenvalue weighted by molar-refractivity contribution is 6.31. The van der Waals surface area contributed by atoms with Crippen molar-refractivity contribution >= 4 is 23.2 Å². The lowest BCUT2D eigenvalue weighted by Gasteiger charge is -2.12. The lowest BCUT2D eigenvalue weighted by atomic mass is 10.1. The van der Waals surface area contributed by atoms with Crippen LogP contribution in [0.2, 0.25) is 5.02 Å². The average Bonchev–Trinajstić information content (AvgIpc) is 3.46. The topological polar surface area (TPSA) is 90.4 Å². The van der Waals surface area contributed by atoms with Gasteiger partial charge in [0, 0.05) is 10.6 Å². The van der Waals surface area contributed by atoms with Crippen molar-refractivity contribution in [2.75, 3.05) is 18.6 Å². The highest BCUT2D eigenvalue weighted by Gasteiger charge is 2.18. The van der Waals surface area contributed by atoms with Crippen LogP contribution in [0.15, 0.2) is 63.6 Å². The third-order valence-electron chi connectivity index (χ3n) is 4.14. The first-order chi connectivity index (χ1) is 15.0. The van der Waals surface area contributed by atoms with Crippen molar-refractivity contribution < 1.29 is 27.1 Å². The van der Waals surface area contributed by atoms with Crippen LogP contribution in [0.25, 0.3) is 23.1 Å². The number of amides is 1. The van der Waals surface area contributed by atoms with Gasteiger partial charge in [0.15, 0.2) is 5.76 Å². The Morgan fingerprint density at radius 1 is 1.13 bits per heavy atom. The highest BCUT2D eigenvalue weighted by atomic mass is 35.5. The predicted molar refractivity (Wildman–Crippen MR) is 108 cm³/mol. The molecule has 1 N–H and O–H groups in total. The molecule has 4 rings (SSSR count). The van der Waals surface area contributed by atoms with Crippen LogP contribution in [0.1, 0.15) is 10.4 Å². The molecule has 1 amide bonds. The maximum Gasteiger partial charge on any atom is 0.283 e. The van der Waals surface area contributed by atoms with Gasteiger partial charge in [-0.2, -0.15) is 0 Å². The number of alkyl halides is 1. The van der Waals surface area contributed by atoms with E-state index in [1.807, 2.05) is 0 Å². The number of ether oxygens (including phenoxy) is 1. The summed E-state index contributed by atoms with van der Waals surface area (Å²) in [5.74, 6) is -0.599. The maximum atomic E-state index is 14.4. The van der Waals surface area contributed by atoms with Crippen molar-refractivity contribution in [1.82, 2.24) is 10.2 Å². The molecule has 0 spiro atoms. The average molecular weight is 446 g/mol.